The second-order valence-corrected chi connectivity index (χ2v) is 4.96. The molecule has 0 bridgehead atoms. The number of nitrogens with two attached hydrogens (primary N) is 1. The van der Waals surface area contributed by atoms with Gasteiger partial charge in [-0.15, -0.1) is 0 Å². The summed E-state index contributed by atoms with van der Waals surface area (Å²) in [6.45, 7) is 5.83. The van der Waals surface area contributed by atoms with Crippen molar-refractivity contribution in [3.05, 3.63) is 17.5 Å². The van der Waals surface area contributed by atoms with Crippen LogP contribution in [-0.4, -0.2) is 39.6 Å². The van der Waals surface area contributed by atoms with Crippen LogP contribution in [-0.2, 0) is 11.3 Å². The number of piperidine rings is 1. The van der Waals surface area contributed by atoms with Crippen molar-refractivity contribution in [2.45, 2.75) is 33.2 Å². The van der Waals surface area contributed by atoms with Crippen LogP contribution < -0.4 is 5.73 Å². The molecule has 0 unspecified atom stereocenters. The van der Waals surface area contributed by atoms with Gasteiger partial charge >= 0.3 is 0 Å². The number of rotatable bonds is 3. The molecule has 1 aromatic rings. The molecule has 6 heteroatoms. The fourth-order valence-electron chi connectivity index (χ4n) is 2.46. The minimum atomic E-state index is -0.266. The Balaban J connectivity index is 2.03. The molecule has 0 spiro atoms. The van der Waals surface area contributed by atoms with Gasteiger partial charge in [0, 0.05) is 31.2 Å². The molecular formula is C13H20N4O2. The Morgan fingerprint density at radius 1 is 1.42 bits per heavy atom. The molecule has 1 aliphatic heterocycles. The molecule has 1 saturated heterocycles. The number of hydrogen-bond acceptors (Lipinski definition) is 3. The molecule has 0 saturated carbocycles. The summed E-state index contributed by atoms with van der Waals surface area (Å²) < 4.78 is 1.81. The lowest BCUT2D eigenvalue weighted by molar-refractivity contribution is -0.123. The van der Waals surface area contributed by atoms with Crippen LogP contribution in [0.5, 0.6) is 0 Å². The Kier molecular flexibility index (Phi) is 3.87. The van der Waals surface area contributed by atoms with Gasteiger partial charge in [-0.25, -0.2) is 0 Å². The van der Waals surface area contributed by atoms with Crippen LogP contribution in [0.2, 0.25) is 0 Å². The lowest BCUT2D eigenvalue weighted by Crippen LogP contribution is -2.41. The van der Waals surface area contributed by atoms with Crippen molar-refractivity contribution >= 4 is 11.8 Å². The van der Waals surface area contributed by atoms with Gasteiger partial charge in [-0.1, -0.05) is 0 Å². The lowest BCUT2D eigenvalue weighted by Gasteiger charge is -2.29. The van der Waals surface area contributed by atoms with Crippen LogP contribution in [0.3, 0.4) is 0 Å². The second kappa shape index (κ2) is 5.42. The summed E-state index contributed by atoms with van der Waals surface area (Å²) in [5, 5.41) is 4.29. The van der Waals surface area contributed by atoms with E-state index in [0.717, 1.165) is 12.2 Å². The van der Waals surface area contributed by atoms with E-state index >= 15 is 0 Å². The second-order valence-electron chi connectivity index (χ2n) is 4.96. The summed E-state index contributed by atoms with van der Waals surface area (Å²) in [6.07, 6.45) is 1.29. The maximum Gasteiger partial charge on any atom is 0.274 e. The fourth-order valence-corrected chi connectivity index (χ4v) is 2.46. The quantitative estimate of drug-likeness (QED) is 0.865. The molecule has 0 aliphatic carbocycles. The van der Waals surface area contributed by atoms with E-state index in [1.165, 1.54) is 0 Å². The maximum absolute atomic E-state index is 12.3. The average Bonchev–Trinajstić information content (AvgIpc) is 2.79. The van der Waals surface area contributed by atoms with E-state index in [1.54, 1.807) is 4.90 Å². The summed E-state index contributed by atoms with van der Waals surface area (Å²) in [4.78, 5) is 25.1. The number of amides is 2. The lowest BCUT2D eigenvalue weighted by atomic mass is 9.96. The van der Waals surface area contributed by atoms with Gasteiger partial charge in [-0.05, 0) is 32.8 Å². The molecule has 1 fully saturated rings. The van der Waals surface area contributed by atoms with Crippen molar-refractivity contribution in [1.82, 2.24) is 14.7 Å². The number of carbonyl (C=O) groups excluding carboxylic acids is 2. The summed E-state index contributed by atoms with van der Waals surface area (Å²) in [6, 6.07) is 1.81. The molecule has 6 nitrogen and oxygen atoms in total. The Morgan fingerprint density at radius 3 is 2.53 bits per heavy atom. The van der Waals surface area contributed by atoms with Gasteiger partial charge in [-0.2, -0.15) is 5.10 Å². The third-order valence-corrected chi connectivity index (χ3v) is 3.68. The van der Waals surface area contributed by atoms with Crippen LogP contribution in [0.25, 0.3) is 0 Å². The van der Waals surface area contributed by atoms with Gasteiger partial charge < -0.3 is 10.6 Å². The van der Waals surface area contributed by atoms with Crippen molar-refractivity contribution < 1.29 is 9.59 Å². The monoisotopic (exact) mass is 264 g/mol. The van der Waals surface area contributed by atoms with Crippen LogP contribution in [0.1, 0.15) is 35.9 Å². The summed E-state index contributed by atoms with van der Waals surface area (Å²) in [5.41, 5.74) is 6.75. The minimum absolute atomic E-state index is 0.0572. The molecule has 2 amide bonds. The highest BCUT2D eigenvalue weighted by Gasteiger charge is 2.27. The SMILES string of the molecule is CCn1nc(C(=O)N2CCC(C(N)=O)CC2)cc1C. The van der Waals surface area contributed by atoms with E-state index < -0.39 is 0 Å². The highest BCUT2D eigenvalue weighted by atomic mass is 16.2. The van der Waals surface area contributed by atoms with Crippen molar-refractivity contribution in [1.29, 1.82) is 0 Å². The highest BCUT2D eigenvalue weighted by Crippen LogP contribution is 2.18. The molecule has 0 radical (unpaired) electrons. The van der Waals surface area contributed by atoms with Gasteiger partial charge in [0.15, 0.2) is 5.69 Å². The van der Waals surface area contributed by atoms with Gasteiger partial charge in [0.2, 0.25) is 5.91 Å². The predicted octanol–water partition coefficient (Wildman–Crippen LogP) is 0.549. The molecular weight excluding hydrogens is 244 g/mol. The Bertz CT molecular complexity index is 487. The number of aromatic nitrogens is 2. The van der Waals surface area contributed by atoms with E-state index in [-0.39, 0.29) is 17.7 Å². The molecule has 1 aliphatic rings. The van der Waals surface area contributed by atoms with Crippen LogP contribution in [0.4, 0.5) is 0 Å². The molecule has 2 N–H and O–H groups in total. The first-order valence-corrected chi connectivity index (χ1v) is 6.66. The third-order valence-electron chi connectivity index (χ3n) is 3.68. The summed E-state index contributed by atoms with van der Waals surface area (Å²) in [7, 11) is 0. The molecule has 2 rings (SSSR count). The zero-order chi connectivity index (χ0) is 14.0. The fraction of sp³-hybridized carbons (Fsp3) is 0.615. The van der Waals surface area contributed by atoms with Gasteiger partial charge in [0.05, 0.1) is 0 Å². The average molecular weight is 264 g/mol. The Morgan fingerprint density at radius 2 is 2.05 bits per heavy atom. The predicted molar refractivity (Wildman–Crippen MR) is 70.5 cm³/mol. The largest absolute Gasteiger partial charge is 0.369 e. The Labute approximate surface area is 112 Å². The number of hydrogen-bond donors (Lipinski definition) is 1. The van der Waals surface area contributed by atoms with Gasteiger partial charge in [0.25, 0.3) is 5.91 Å². The van der Waals surface area contributed by atoms with Crippen molar-refractivity contribution in [2.75, 3.05) is 13.1 Å². The first-order valence-electron chi connectivity index (χ1n) is 6.66. The van der Waals surface area contributed by atoms with E-state index in [0.29, 0.717) is 31.6 Å². The normalized spacial score (nSPS) is 16.6. The van der Waals surface area contributed by atoms with Crippen molar-refractivity contribution in [3.8, 4) is 0 Å². The van der Waals surface area contributed by atoms with E-state index in [1.807, 2.05) is 24.6 Å². The number of carbonyl (C=O) groups is 2. The van der Waals surface area contributed by atoms with Crippen molar-refractivity contribution in [3.63, 3.8) is 0 Å². The molecule has 104 valence electrons. The van der Waals surface area contributed by atoms with Crippen LogP contribution in [0.15, 0.2) is 6.07 Å². The smallest absolute Gasteiger partial charge is 0.274 e. The molecule has 2 heterocycles. The number of primary amides is 1. The topological polar surface area (TPSA) is 81.2 Å². The zero-order valence-corrected chi connectivity index (χ0v) is 11.4. The molecule has 1 aromatic heterocycles. The molecule has 0 aromatic carbocycles. The van der Waals surface area contributed by atoms with Crippen molar-refractivity contribution in [2.24, 2.45) is 11.7 Å². The molecule has 19 heavy (non-hydrogen) atoms. The zero-order valence-electron chi connectivity index (χ0n) is 11.4. The number of nitrogens with zero attached hydrogens (tertiary/aromatic N) is 3. The number of likely N-dealkylation sites (tertiary alicyclic amines) is 1. The van der Waals surface area contributed by atoms with E-state index in [4.69, 9.17) is 5.73 Å². The first kappa shape index (κ1) is 13.6. The van der Waals surface area contributed by atoms with E-state index in [9.17, 15) is 9.59 Å². The maximum atomic E-state index is 12.3. The van der Waals surface area contributed by atoms with Crippen LogP contribution >= 0.6 is 0 Å². The highest BCUT2D eigenvalue weighted by molar-refractivity contribution is 5.92. The minimum Gasteiger partial charge on any atom is -0.369 e. The summed E-state index contributed by atoms with van der Waals surface area (Å²) in [5.74, 6) is -0.421. The summed E-state index contributed by atoms with van der Waals surface area (Å²) >= 11 is 0. The number of aryl methyl sites for hydroxylation is 2. The standard InChI is InChI=1S/C13H20N4O2/c1-3-17-9(2)8-11(15-17)13(19)16-6-4-10(5-7-16)12(14)18/h8,10H,3-7H2,1-2H3,(H2,14,18). The van der Waals surface area contributed by atoms with Crippen LogP contribution in [0, 0.1) is 12.8 Å². The first-order chi connectivity index (χ1) is 9.02. The molecule has 0 atom stereocenters. The third kappa shape index (κ3) is 2.77. The van der Waals surface area contributed by atoms with Gasteiger partial charge in [-0.3, -0.25) is 14.3 Å². The Hall–Kier alpha value is -1.85. The van der Waals surface area contributed by atoms with E-state index in [2.05, 4.69) is 5.10 Å². The van der Waals surface area contributed by atoms with Gasteiger partial charge in [0.1, 0.15) is 0 Å².